The van der Waals surface area contributed by atoms with E-state index in [1.54, 1.807) is 24.3 Å². The highest BCUT2D eigenvalue weighted by Crippen LogP contribution is 2.24. The number of Topliss-reactive ketones (excluding diaryl/α,β-unsaturated/α-hetero) is 1. The van der Waals surface area contributed by atoms with Crippen LogP contribution in [0.15, 0.2) is 60.7 Å². The lowest BCUT2D eigenvalue weighted by Gasteiger charge is -2.32. The molecule has 1 aromatic heterocycles. The molecular formula is C21H23N5O2. The standard InChI is InChI=1S/C21H23N5O2/c1-15(2)14-21(16(3)27,22-20(28)18-12-8-5-9-13-18)26-24-19(23-25-26)17-10-6-4-7-11-17/h4-13,15H,14H2,1-3H3,(H,22,28). The average molecular weight is 377 g/mol. The van der Waals surface area contributed by atoms with Crippen molar-refractivity contribution in [2.75, 3.05) is 0 Å². The molecule has 1 N–H and O–H groups in total. The van der Waals surface area contributed by atoms with E-state index in [2.05, 4.69) is 20.7 Å². The highest BCUT2D eigenvalue weighted by Gasteiger charge is 2.42. The SMILES string of the molecule is CC(=O)C(CC(C)C)(NC(=O)c1ccccc1)n1nnc(-c2ccccc2)n1. The summed E-state index contributed by atoms with van der Waals surface area (Å²) in [6, 6.07) is 18.1. The van der Waals surface area contributed by atoms with E-state index in [1.165, 1.54) is 11.7 Å². The van der Waals surface area contributed by atoms with Crippen molar-refractivity contribution >= 4 is 11.7 Å². The number of ketones is 1. The molecule has 1 amide bonds. The molecule has 0 aliphatic carbocycles. The van der Waals surface area contributed by atoms with Gasteiger partial charge in [-0.25, -0.2) is 0 Å². The fourth-order valence-electron chi connectivity index (χ4n) is 3.07. The highest BCUT2D eigenvalue weighted by atomic mass is 16.2. The van der Waals surface area contributed by atoms with Crippen LogP contribution >= 0.6 is 0 Å². The Labute approximate surface area is 163 Å². The molecule has 3 rings (SSSR count). The lowest BCUT2D eigenvalue weighted by molar-refractivity contribution is -0.129. The molecule has 0 radical (unpaired) electrons. The smallest absolute Gasteiger partial charge is 0.253 e. The Bertz CT molecular complexity index is 953. The first-order valence-corrected chi connectivity index (χ1v) is 9.17. The van der Waals surface area contributed by atoms with E-state index in [0.717, 1.165) is 5.56 Å². The van der Waals surface area contributed by atoms with Crippen LogP contribution < -0.4 is 5.32 Å². The van der Waals surface area contributed by atoms with Gasteiger partial charge in [-0.05, 0) is 30.2 Å². The maximum absolute atomic E-state index is 12.8. The zero-order valence-corrected chi connectivity index (χ0v) is 16.2. The van der Waals surface area contributed by atoms with Gasteiger partial charge in [0.1, 0.15) is 0 Å². The van der Waals surface area contributed by atoms with Gasteiger partial charge in [-0.15, -0.1) is 15.0 Å². The Hall–Kier alpha value is -3.35. The zero-order valence-electron chi connectivity index (χ0n) is 16.2. The summed E-state index contributed by atoms with van der Waals surface area (Å²) in [4.78, 5) is 26.8. The van der Waals surface area contributed by atoms with Gasteiger partial charge in [-0.2, -0.15) is 0 Å². The first-order valence-electron chi connectivity index (χ1n) is 9.17. The molecule has 1 heterocycles. The number of carbonyl (C=O) groups is 2. The summed E-state index contributed by atoms with van der Waals surface area (Å²) >= 11 is 0. The van der Waals surface area contributed by atoms with Crippen LogP contribution in [0.4, 0.5) is 0 Å². The van der Waals surface area contributed by atoms with Gasteiger partial charge in [0, 0.05) is 17.5 Å². The number of carbonyl (C=O) groups excluding carboxylic acids is 2. The number of hydrogen-bond acceptors (Lipinski definition) is 5. The number of aromatic nitrogens is 4. The Morgan fingerprint density at radius 2 is 1.64 bits per heavy atom. The van der Waals surface area contributed by atoms with Crippen LogP contribution in [-0.4, -0.2) is 31.9 Å². The van der Waals surface area contributed by atoms with Crippen LogP contribution in [0.1, 0.15) is 37.6 Å². The Morgan fingerprint density at radius 1 is 1.04 bits per heavy atom. The van der Waals surface area contributed by atoms with E-state index >= 15 is 0 Å². The Morgan fingerprint density at radius 3 is 2.21 bits per heavy atom. The number of tetrazole rings is 1. The summed E-state index contributed by atoms with van der Waals surface area (Å²) in [5.41, 5.74) is -0.174. The molecule has 0 fully saturated rings. The van der Waals surface area contributed by atoms with Crippen LogP contribution in [0.25, 0.3) is 11.4 Å². The number of nitrogens with zero attached hydrogens (tertiary/aromatic N) is 4. The molecule has 0 saturated carbocycles. The summed E-state index contributed by atoms with van der Waals surface area (Å²) in [5, 5.41) is 15.5. The zero-order chi connectivity index (χ0) is 20.1. The normalized spacial score (nSPS) is 13.1. The molecule has 0 bridgehead atoms. The molecule has 1 unspecified atom stereocenters. The third-order valence-electron chi connectivity index (χ3n) is 4.43. The number of benzene rings is 2. The fraction of sp³-hybridized carbons (Fsp3) is 0.286. The molecule has 3 aromatic rings. The molecule has 2 aromatic carbocycles. The van der Waals surface area contributed by atoms with Gasteiger partial charge in [0.25, 0.3) is 5.91 Å². The minimum absolute atomic E-state index is 0.103. The largest absolute Gasteiger partial charge is 0.320 e. The monoisotopic (exact) mass is 377 g/mol. The molecule has 0 spiro atoms. The second-order valence-electron chi connectivity index (χ2n) is 7.10. The van der Waals surface area contributed by atoms with Gasteiger partial charge in [-0.3, -0.25) is 9.59 Å². The predicted octanol–water partition coefficient (Wildman–Crippen LogP) is 3.06. The quantitative estimate of drug-likeness (QED) is 0.683. The second-order valence-corrected chi connectivity index (χ2v) is 7.10. The van der Waals surface area contributed by atoms with E-state index in [4.69, 9.17) is 0 Å². The molecular weight excluding hydrogens is 354 g/mol. The van der Waals surface area contributed by atoms with E-state index in [9.17, 15) is 9.59 Å². The van der Waals surface area contributed by atoms with Crippen LogP contribution in [-0.2, 0) is 10.5 Å². The second kappa shape index (κ2) is 8.12. The minimum atomic E-state index is -1.42. The van der Waals surface area contributed by atoms with Gasteiger partial charge in [0.05, 0.1) is 0 Å². The molecule has 144 valence electrons. The lowest BCUT2D eigenvalue weighted by atomic mass is 9.93. The Balaban J connectivity index is 2.02. The van der Waals surface area contributed by atoms with Crippen molar-refractivity contribution in [1.82, 2.24) is 25.5 Å². The third kappa shape index (κ3) is 3.98. The molecule has 7 nitrogen and oxygen atoms in total. The maximum Gasteiger partial charge on any atom is 0.253 e. The van der Waals surface area contributed by atoms with Gasteiger partial charge < -0.3 is 5.32 Å². The predicted molar refractivity (Wildman–Crippen MR) is 105 cm³/mol. The van der Waals surface area contributed by atoms with Gasteiger partial charge >= 0.3 is 0 Å². The van der Waals surface area contributed by atoms with E-state index in [1.807, 2.05) is 50.2 Å². The summed E-state index contributed by atoms with van der Waals surface area (Å²) in [5.74, 6) is -0.132. The van der Waals surface area contributed by atoms with Gasteiger partial charge in [0.2, 0.25) is 11.5 Å². The van der Waals surface area contributed by atoms with Crippen molar-refractivity contribution in [3.05, 3.63) is 66.2 Å². The summed E-state index contributed by atoms with van der Waals surface area (Å²) < 4.78 is 0. The average Bonchev–Trinajstić information content (AvgIpc) is 3.19. The first-order chi connectivity index (χ1) is 13.4. The molecule has 0 aliphatic heterocycles. The third-order valence-corrected chi connectivity index (χ3v) is 4.43. The van der Waals surface area contributed by atoms with Crippen molar-refractivity contribution in [3.63, 3.8) is 0 Å². The molecule has 1 atom stereocenters. The number of amides is 1. The van der Waals surface area contributed by atoms with Crippen LogP contribution in [0, 0.1) is 5.92 Å². The van der Waals surface area contributed by atoms with Crippen molar-refractivity contribution in [2.24, 2.45) is 5.92 Å². The maximum atomic E-state index is 12.8. The van der Waals surface area contributed by atoms with E-state index < -0.39 is 5.66 Å². The van der Waals surface area contributed by atoms with Crippen molar-refractivity contribution in [1.29, 1.82) is 0 Å². The van der Waals surface area contributed by atoms with E-state index in [-0.39, 0.29) is 17.6 Å². The molecule has 7 heteroatoms. The minimum Gasteiger partial charge on any atom is -0.320 e. The van der Waals surface area contributed by atoms with Crippen molar-refractivity contribution in [2.45, 2.75) is 32.9 Å². The summed E-state index contributed by atoms with van der Waals surface area (Å²) in [7, 11) is 0. The molecule has 0 saturated heterocycles. The Kier molecular flexibility index (Phi) is 5.63. The summed E-state index contributed by atoms with van der Waals surface area (Å²) in [6.07, 6.45) is 0.339. The van der Waals surface area contributed by atoms with Crippen LogP contribution in [0.3, 0.4) is 0 Å². The van der Waals surface area contributed by atoms with Crippen molar-refractivity contribution < 1.29 is 9.59 Å². The number of nitrogens with one attached hydrogen (secondary N) is 1. The fourth-order valence-corrected chi connectivity index (χ4v) is 3.07. The van der Waals surface area contributed by atoms with Gasteiger partial charge in [0.15, 0.2) is 5.78 Å². The summed E-state index contributed by atoms with van der Waals surface area (Å²) in [6.45, 7) is 5.38. The molecule has 0 aliphatic rings. The number of hydrogen-bond donors (Lipinski definition) is 1. The first kappa shape index (κ1) is 19.4. The lowest BCUT2D eigenvalue weighted by Crippen LogP contribution is -2.57. The highest BCUT2D eigenvalue weighted by molar-refractivity contribution is 5.98. The van der Waals surface area contributed by atoms with Gasteiger partial charge in [-0.1, -0.05) is 62.4 Å². The number of rotatable bonds is 7. The van der Waals surface area contributed by atoms with Crippen LogP contribution in [0.2, 0.25) is 0 Å². The topological polar surface area (TPSA) is 89.8 Å². The molecule has 28 heavy (non-hydrogen) atoms. The van der Waals surface area contributed by atoms with Crippen LogP contribution in [0.5, 0.6) is 0 Å². The van der Waals surface area contributed by atoms with Crippen molar-refractivity contribution in [3.8, 4) is 11.4 Å². The van der Waals surface area contributed by atoms with E-state index in [0.29, 0.717) is 17.8 Å².